The Morgan fingerprint density at radius 2 is 1.72 bits per heavy atom. The second-order valence-corrected chi connectivity index (χ2v) is 6.21. The highest BCUT2D eigenvalue weighted by Crippen LogP contribution is 2.31. The zero-order chi connectivity index (χ0) is 17.2. The van der Waals surface area contributed by atoms with E-state index in [1.807, 2.05) is 25.1 Å². The van der Waals surface area contributed by atoms with Crippen LogP contribution in [0.1, 0.15) is 24.2 Å². The molecular weight excluding hydrogens is 312 g/mol. The second kappa shape index (κ2) is 6.40. The third kappa shape index (κ3) is 3.11. The lowest BCUT2D eigenvalue weighted by molar-refractivity contribution is 0.483. The van der Waals surface area contributed by atoms with Gasteiger partial charge in [0, 0.05) is 24.5 Å². The van der Waals surface area contributed by atoms with Gasteiger partial charge in [0.25, 0.3) is 0 Å². The van der Waals surface area contributed by atoms with Crippen LogP contribution in [0.3, 0.4) is 0 Å². The highest BCUT2D eigenvalue weighted by molar-refractivity contribution is 5.90. The number of aryl methyl sites for hydroxylation is 1. The molecule has 0 radical (unpaired) electrons. The molecule has 1 aliphatic rings. The van der Waals surface area contributed by atoms with E-state index in [0.717, 1.165) is 41.4 Å². The number of rotatable bonds is 3. The van der Waals surface area contributed by atoms with Crippen LogP contribution in [-0.2, 0) is 0 Å². The van der Waals surface area contributed by atoms with Gasteiger partial charge in [0.2, 0.25) is 0 Å². The Balaban J connectivity index is 1.68. The van der Waals surface area contributed by atoms with Crippen LogP contribution in [0, 0.1) is 18.3 Å². The number of nitrogens with zero attached hydrogens (tertiary/aromatic N) is 4. The minimum absolute atomic E-state index is 0.615. The van der Waals surface area contributed by atoms with Crippen molar-refractivity contribution in [2.45, 2.75) is 19.8 Å². The number of hydrogen-bond acceptors (Lipinski definition) is 5. The zero-order valence-corrected chi connectivity index (χ0v) is 14.1. The van der Waals surface area contributed by atoms with Gasteiger partial charge in [-0.3, -0.25) is 0 Å². The summed E-state index contributed by atoms with van der Waals surface area (Å²) in [5.41, 5.74) is 1.50. The van der Waals surface area contributed by atoms with E-state index < -0.39 is 0 Å². The maximum absolute atomic E-state index is 8.87. The summed E-state index contributed by atoms with van der Waals surface area (Å²) in [6.45, 7) is 4.03. The Kier molecular flexibility index (Phi) is 3.95. The molecule has 1 aromatic heterocycles. The van der Waals surface area contributed by atoms with Gasteiger partial charge in [0.15, 0.2) is 0 Å². The van der Waals surface area contributed by atoms with Crippen LogP contribution in [0.2, 0.25) is 0 Å². The van der Waals surface area contributed by atoms with Crippen molar-refractivity contribution in [1.29, 1.82) is 5.26 Å². The van der Waals surface area contributed by atoms with Gasteiger partial charge >= 0.3 is 0 Å². The fourth-order valence-electron chi connectivity index (χ4n) is 3.17. The smallest absolute Gasteiger partial charge is 0.140 e. The summed E-state index contributed by atoms with van der Waals surface area (Å²) in [6, 6.07) is 15.1. The maximum Gasteiger partial charge on any atom is 0.140 e. The topological polar surface area (TPSA) is 62.0 Å². The fraction of sp³-hybridized carbons (Fsp3) is 0.250. The molecule has 124 valence electrons. The van der Waals surface area contributed by atoms with Crippen LogP contribution in [0.25, 0.3) is 10.9 Å². The standard InChI is InChI=1S/C20H18N4O/c1-14-22-19-12-17(25-16-6-4-15(13-21)5-7-16)8-9-18(19)20(23-14)24-10-2-3-11-24/h4-9,12H,2-3,10-11H2,1H3. The van der Waals surface area contributed by atoms with Gasteiger partial charge in [-0.25, -0.2) is 9.97 Å². The number of fused-ring (bicyclic) bond motifs is 1. The molecule has 0 aliphatic carbocycles. The van der Waals surface area contributed by atoms with Crippen molar-refractivity contribution in [2.75, 3.05) is 18.0 Å². The Labute approximate surface area is 146 Å². The molecular formula is C20H18N4O. The van der Waals surface area contributed by atoms with Crippen LogP contribution >= 0.6 is 0 Å². The molecule has 3 aromatic rings. The molecule has 5 heteroatoms. The lowest BCUT2D eigenvalue weighted by atomic mass is 10.2. The first kappa shape index (κ1) is 15.4. The van der Waals surface area contributed by atoms with E-state index in [4.69, 9.17) is 10.00 Å². The average Bonchev–Trinajstić information content (AvgIpc) is 3.16. The fourth-order valence-corrected chi connectivity index (χ4v) is 3.17. The Morgan fingerprint density at radius 3 is 2.44 bits per heavy atom. The van der Waals surface area contributed by atoms with Crippen LogP contribution in [0.15, 0.2) is 42.5 Å². The van der Waals surface area contributed by atoms with Crippen molar-refractivity contribution < 1.29 is 4.74 Å². The molecule has 0 spiro atoms. The number of benzene rings is 2. The van der Waals surface area contributed by atoms with Crippen LogP contribution < -0.4 is 9.64 Å². The molecule has 0 unspecified atom stereocenters. The van der Waals surface area contributed by atoms with Crippen LogP contribution in [-0.4, -0.2) is 23.1 Å². The van der Waals surface area contributed by atoms with Crippen molar-refractivity contribution in [3.63, 3.8) is 0 Å². The van der Waals surface area contributed by atoms with Crippen molar-refractivity contribution in [1.82, 2.24) is 9.97 Å². The Morgan fingerprint density at radius 1 is 1.00 bits per heavy atom. The van der Waals surface area contributed by atoms with Crippen molar-refractivity contribution in [3.8, 4) is 17.6 Å². The van der Waals surface area contributed by atoms with E-state index >= 15 is 0 Å². The summed E-state index contributed by atoms with van der Waals surface area (Å²) in [7, 11) is 0. The van der Waals surface area contributed by atoms with E-state index in [-0.39, 0.29) is 0 Å². The first-order chi connectivity index (χ1) is 12.2. The number of aromatic nitrogens is 2. The van der Waals surface area contributed by atoms with Gasteiger partial charge in [-0.2, -0.15) is 5.26 Å². The van der Waals surface area contributed by atoms with Crippen molar-refractivity contribution >= 4 is 16.7 Å². The minimum Gasteiger partial charge on any atom is -0.457 e. The largest absolute Gasteiger partial charge is 0.457 e. The predicted molar refractivity (Wildman–Crippen MR) is 97.0 cm³/mol. The summed E-state index contributed by atoms with van der Waals surface area (Å²) in [6.07, 6.45) is 2.43. The molecule has 4 rings (SSSR count). The zero-order valence-electron chi connectivity index (χ0n) is 14.1. The first-order valence-corrected chi connectivity index (χ1v) is 8.44. The third-order valence-corrected chi connectivity index (χ3v) is 4.38. The highest BCUT2D eigenvalue weighted by atomic mass is 16.5. The maximum atomic E-state index is 8.87. The number of hydrogen-bond donors (Lipinski definition) is 0. The van der Waals surface area contributed by atoms with Gasteiger partial charge in [0.1, 0.15) is 23.1 Å². The third-order valence-electron chi connectivity index (χ3n) is 4.38. The van der Waals surface area contributed by atoms with Gasteiger partial charge < -0.3 is 9.64 Å². The van der Waals surface area contributed by atoms with E-state index in [9.17, 15) is 0 Å². The number of ether oxygens (including phenoxy) is 1. The van der Waals surface area contributed by atoms with E-state index in [1.165, 1.54) is 12.8 Å². The molecule has 0 bridgehead atoms. The lowest BCUT2D eigenvalue weighted by Crippen LogP contribution is -2.20. The van der Waals surface area contributed by atoms with Gasteiger partial charge in [0.05, 0.1) is 17.1 Å². The number of nitriles is 1. The number of anilines is 1. The molecule has 1 fully saturated rings. The van der Waals surface area contributed by atoms with Gasteiger partial charge in [-0.1, -0.05) is 0 Å². The predicted octanol–water partition coefficient (Wildman–Crippen LogP) is 4.20. The lowest BCUT2D eigenvalue weighted by Gasteiger charge is -2.19. The van der Waals surface area contributed by atoms with E-state index in [1.54, 1.807) is 24.3 Å². The first-order valence-electron chi connectivity index (χ1n) is 8.44. The molecule has 0 saturated carbocycles. The van der Waals surface area contributed by atoms with Crippen molar-refractivity contribution in [2.24, 2.45) is 0 Å². The average molecular weight is 330 g/mol. The van der Waals surface area contributed by atoms with Crippen molar-refractivity contribution in [3.05, 3.63) is 53.9 Å². The normalized spacial score (nSPS) is 13.8. The molecule has 0 N–H and O–H groups in total. The molecule has 0 amide bonds. The molecule has 5 nitrogen and oxygen atoms in total. The van der Waals surface area contributed by atoms with E-state index in [0.29, 0.717) is 11.3 Å². The molecule has 25 heavy (non-hydrogen) atoms. The molecule has 1 aliphatic heterocycles. The molecule has 2 aromatic carbocycles. The van der Waals surface area contributed by atoms with Gasteiger partial charge in [-0.05, 0) is 56.2 Å². The summed E-state index contributed by atoms with van der Waals surface area (Å²) in [5.74, 6) is 3.21. The van der Waals surface area contributed by atoms with Crippen LogP contribution in [0.4, 0.5) is 5.82 Å². The van der Waals surface area contributed by atoms with E-state index in [2.05, 4.69) is 20.9 Å². The summed E-state index contributed by atoms with van der Waals surface area (Å²) in [4.78, 5) is 11.6. The molecule has 0 atom stereocenters. The molecule has 2 heterocycles. The summed E-state index contributed by atoms with van der Waals surface area (Å²) < 4.78 is 5.91. The van der Waals surface area contributed by atoms with Gasteiger partial charge in [-0.15, -0.1) is 0 Å². The van der Waals surface area contributed by atoms with Crippen LogP contribution in [0.5, 0.6) is 11.5 Å². The monoisotopic (exact) mass is 330 g/mol. The summed E-state index contributed by atoms with van der Waals surface area (Å²) in [5, 5.41) is 9.92. The Bertz CT molecular complexity index is 954. The highest BCUT2D eigenvalue weighted by Gasteiger charge is 2.17. The minimum atomic E-state index is 0.615. The quantitative estimate of drug-likeness (QED) is 0.720. The summed E-state index contributed by atoms with van der Waals surface area (Å²) >= 11 is 0. The second-order valence-electron chi connectivity index (χ2n) is 6.21. The molecule has 1 saturated heterocycles. The SMILES string of the molecule is Cc1nc(N2CCCC2)c2ccc(Oc3ccc(C#N)cc3)cc2n1. The Hall–Kier alpha value is -3.13.